The zero-order valence-electron chi connectivity index (χ0n) is 28.1. The number of nitrogens with zero attached hydrogens (tertiary/aromatic N) is 2. The molecule has 2 heterocycles. The van der Waals surface area contributed by atoms with Crippen LogP contribution in [-0.4, -0.2) is 58.0 Å². The maximum Gasteiger partial charge on any atom is 0.488 e. The topological polar surface area (TPSA) is 157 Å². The number of ether oxygens (including phenoxy) is 1. The summed E-state index contributed by atoms with van der Waals surface area (Å²) in [4.78, 5) is 59.6. The second-order valence-corrected chi connectivity index (χ2v) is 14.2. The second kappa shape index (κ2) is 12.9. The van der Waals surface area contributed by atoms with Crippen molar-refractivity contribution in [3.63, 3.8) is 0 Å². The van der Waals surface area contributed by atoms with E-state index in [0.717, 1.165) is 9.91 Å². The van der Waals surface area contributed by atoms with Crippen LogP contribution in [0.15, 0.2) is 103 Å². The van der Waals surface area contributed by atoms with Gasteiger partial charge in [0, 0.05) is 22.6 Å². The van der Waals surface area contributed by atoms with Crippen LogP contribution < -0.4 is 20.5 Å². The molecule has 3 fully saturated rings. The molecule has 2 aliphatic heterocycles. The fraction of sp³-hybridized carbons (Fsp3) is 0.231. The lowest BCUT2D eigenvalue weighted by molar-refractivity contribution is -0.138. The monoisotopic (exact) mass is 735 g/mol. The quantitative estimate of drug-likeness (QED) is 0.125. The van der Waals surface area contributed by atoms with Crippen molar-refractivity contribution in [2.45, 2.75) is 24.2 Å². The Morgan fingerprint density at radius 1 is 0.906 bits per heavy atom. The van der Waals surface area contributed by atoms with Gasteiger partial charge in [-0.25, -0.2) is 4.39 Å². The van der Waals surface area contributed by atoms with Crippen LogP contribution in [0.5, 0.6) is 11.5 Å². The summed E-state index contributed by atoms with van der Waals surface area (Å²) >= 11 is 6.34. The van der Waals surface area contributed by atoms with Crippen molar-refractivity contribution in [1.82, 2.24) is 5.01 Å². The van der Waals surface area contributed by atoms with Gasteiger partial charge in [-0.15, -0.1) is 0 Å². The Labute approximate surface area is 308 Å². The highest BCUT2D eigenvalue weighted by molar-refractivity contribution is 6.58. The molecule has 8 rings (SSSR count). The molecule has 11 nitrogen and oxygen atoms in total. The van der Waals surface area contributed by atoms with Gasteiger partial charge in [-0.2, -0.15) is 5.01 Å². The molecule has 0 aromatic heterocycles. The molecule has 268 valence electrons. The Balaban J connectivity index is 1.32. The number of amides is 4. The van der Waals surface area contributed by atoms with Crippen molar-refractivity contribution in [3.8, 4) is 11.5 Å². The van der Waals surface area contributed by atoms with E-state index in [1.807, 2.05) is 6.08 Å². The average Bonchev–Trinajstić information content (AvgIpc) is 3.53. The lowest BCUT2D eigenvalue weighted by Crippen LogP contribution is -2.53. The molecule has 4 aliphatic rings. The number of allylic oxidation sites excluding steroid dienone is 2. The van der Waals surface area contributed by atoms with Crippen molar-refractivity contribution in [1.29, 1.82) is 0 Å². The Morgan fingerprint density at radius 3 is 2.32 bits per heavy atom. The Kier molecular flexibility index (Phi) is 8.40. The van der Waals surface area contributed by atoms with Gasteiger partial charge in [-0.05, 0) is 84.4 Å². The number of phenolic OH excluding ortho intramolecular Hbond substituents is 1. The number of halogens is 2. The number of fused-ring (bicyclic) bond motifs is 4. The second-order valence-electron chi connectivity index (χ2n) is 13.8. The van der Waals surface area contributed by atoms with E-state index in [0.29, 0.717) is 27.5 Å². The molecule has 4 aromatic carbocycles. The smallest absolute Gasteiger partial charge is 0.488 e. The first-order valence-corrected chi connectivity index (χ1v) is 17.4. The zero-order chi connectivity index (χ0) is 37.3. The van der Waals surface area contributed by atoms with E-state index in [-0.39, 0.29) is 35.4 Å². The third kappa shape index (κ3) is 5.25. The summed E-state index contributed by atoms with van der Waals surface area (Å²) in [5.41, 5.74) is 3.15. The SMILES string of the molecule is COc1ccc(C2C3=CCC4C(=O)N(c5cccc(B(O)O)c5)C(=O)C4C3CC3C(=O)N(Nc4ccc(F)cc4)C(=O)C32c2ccc(Cl)cc2)c(O)c1. The van der Waals surface area contributed by atoms with Crippen LogP contribution in [0.2, 0.25) is 5.02 Å². The minimum Gasteiger partial charge on any atom is -0.508 e. The summed E-state index contributed by atoms with van der Waals surface area (Å²) in [6, 6.07) is 22.4. The fourth-order valence-corrected chi connectivity index (χ4v) is 9.10. The molecule has 0 spiro atoms. The van der Waals surface area contributed by atoms with E-state index >= 15 is 4.79 Å². The molecule has 0 radical (unpaired) electrons. The van der Waals surface area contributed by atoms with E-state index in [1.165, 1.54) is 61.7 Å². The highest BCUT2D eigenvalue weighted by Crippen LogP contribution is 2.65. The van der Waals surface area contributed by atoms with Gasteiger partial charge >= 0.3 is 7.12 Å². The zero-order valence-corrected chi connectivity index (χ0v) is 28.9. The first-order valence-electron chi connectivity index (χ1n) is 17.0. The van der Waals surface area contributed by atoms with Crippen LogP contribution in [0.25, 0.3) is 0 Å². The molecule has 4 N–H and O–H groups in total. The predicted octanol–water partition coefficient (Wildman–Crippen LogP) is 4.06. The molecular formula is C39H32BClFN3O8. The summed E-state index contributed by atoms with van der Waals surface area (Å²) in [5.74, 6) is -7.15. The fourth-order valence-electron chi connectivity index (χ4n) is 8.97. The maximum atomic E-state index is 15.2. The van der Waals surface area contributed by atoms with Gasteiger partial charge in [0.15, 0.2) is 0 Å². The molecule has 4 aromatic rings. The van der Waals surface area contributed by atoms with Crippen molar-refractivity contribution >= 4 is 59.2 Å². The number of phenols is 1. The Morgan fingerprint density at radius 2 is 1.64 bits per heavy atom. The van der Waals surface area contributed by atoms with E-state index < -0.39 is 71.6 Å². The number of nitrogens with one attached hydrogen (secondary N) is 1. The number of rotatable bonds is 7. The predicted molar refractivity (Wildman–Crippen MR) is 192 cm³/mol. The third-order valence-electron chi connectivity index (χ3n) is 11.2. The molecule has 53 heavy (non-hydrogen) atoms. The van der Waals surface area contributed by atoms with E-state index in [2.05, 4.69) is 5.43 Å². The summed E-state index contributed by atoms with van der Waals surface area (Å²) in [7, 11) is -0.378. The molecule has 1 saturated carbocycles. The number of carbonyl (C=O) groups excluding carboxylic acids is 4. The Hall–Kier alpha value is -5.50. The van der Waals surface area contributed by atoms with E-state index in [1.54, 1.807) is 36.4 Å². The van der Waals surface area contributed by atoms with Crippen LogP contribution >= 0.6 is 11.6 Å². The summed E-state index contributed by atoms with van der Waals surface area (Å²) < 4.78 is 19.2. The van der Waals surface area contributed by atoms with Crippen LogP contribution in [-0.2, 0) is 24.6 Å². The van der Waals surface area contributed by atoms with Crippen LogP contribution in [0.1, 0.15) is 29.9 Å². The average molecular weight is 736 g/mol. The molecule has 6 atom stereocenters. The van der Waals surface area contributed by atoms with Gasteiger partial charge in [0.2, 0.25) is 11.8 Å². The largest absolute Gasteiger partial charge is 0.508 e. The van der Waals surface area contributed by atoms with Gasteiger partial charge in [-0.1, -0.05) is 53.6 Å². The molecule has 6 unspecified atom stereocenters. The molecule has 0 bridgehead atoms. The van der Waals surface area contributed by atoms with Crippen LogP contribution in [0.3, 0.4) is 0 Å². The number of hydrogen-bond acceptors (Lipinski definition) is 9. The maximum absolute atomic E-state index is 15.2. The van der Waals surface area contributed by atoms with Crippen molar-refractivity contribution in [3.05, 3.63) is 125 Å². The van der Waals surface area contributed by atoms with Gasteiger partial charge in [-0.3, -0.25) is 29.5 Å². The van der Waals surface area contributed by atoms with Gasteiger partial charge in [0.05, 0.1) is 41.7 Å². The normalized spacial score (nSPS) is 26.2. The molecule has 14 heteroatoms. The number of hydrogen-bond donors (Lipinski definition) is 4. The number of aromatic hydroxyl groups is 1. The van der Waals surface area contributed by atoms with Gasteiger partial charge < -0.3 is 19.9 Å². The van der Waals surface area contributed by atoms with Crippen molar-refractivity contribution in [2.24, 2.45) is 23.7 Å². The minimum atomic E-state index is -1.83. The van der Waals surface area contributed by atoms with Gasteiger partial charge in [0.1, 0.15) is 17.3 Å². The number of imide groups is 2. The highest BCUT2D eigenvalue weighted by atomic mass is 35.5. The number of hydrazine groups is 1. The van der Waals surface area contributed by atoms with Crippen molar-refractivity contribution < 1.29 is 43.5 Å². The molecular weight excluding hydrogens is 704 g/mol. The number of benzene rings is 4. The van der Waals surface area contributed by atoms with E-state index in [4.69, 9.17) is 16.3 Å². The summed E-state index contributed by atoms with van der Waals surface area (Å²) in [5, 5.41) is 32.6. The minimum absolute atomic E-state index is 0.00251. The first-order chi connectivity index (χ1) is 25.4. The summed E-state index contributed by atoms with van der Waals surface area (Å²) in [6.07, 6.45) is 1.98. The van der Waals surface area contributed by atoms with E-state index in [9.17, 15) is 33.9 Å². The lowest BCUT2D eigenvalue weighted by atomic mass is 9.49. The molecule has 2 saturated heterocycles. The summed E-state index contributed by atoms with van der Waals surface area (Å²) in [6.45, 7) is 0. The molecule has 2 aliphatic carbocycles. The van der Waals surface area contributed by atoms with Crippen molar-refractivity contribution in [2.75, 3.05) is 17.4 Å². The van der Waals surface area contributed by atoms with Crippen LogP contribution in [0.4, 0.5) is 15.8 Å². The van der Waals surface area contributed by atoms with Gasteiger partial charge in [0.25, 0.3) is 11.8 Å². The standard InChI is InChI=1S/C39H32BClFN3O8/c1-53-26-13-14-28(32(46)18-26)34-27-15-16-29-33(37(49)44(35(29)47)25-4-2-3-21(17-25)40(51)52)30(27)19-31-36(48)45(43-24-11-9-23(42)10-12-24)38(50)39(31,34)20-5-7-22(41)8-6-20/h2-15,17-18,29-31,33-34,43,46,51-52H,16,19H2,1H3. The lowest BCUT2D eigenvalue weighted by Gasteiger charge is -2.50. The molecule has 4 amide bonds. The van der Waals surface area contributed by atoms with Crippen LogP contribution in [0, 0.1) is 29.5 Å². The third-order valence-corrected chi connectivity index (χ3v) is 11.5. The number of carbonyl (C=O) groups is 4. The highest BCUT2D eigenvalue weighted by Gasteiger charge is 2.70. The first kappa shape index (κ1) is 34.6. The number of anilines is 2. The number of methoxy groups -OCH3 is 1. The Bertz CT molecular complexity index is 2220.